The molecule has 2 heterocycles. The Morgan fingerprint density at radius 1 is 1.31 bits per heavy atom. The third-order valence-electron chi connectivity index (χ3n) is 5.20. The molecule has 2 aromatic rings. The van der Waals surface area contributed by atoms with Gasteiger partial charge in [-0.25, -0.2) is 8.98 Å². The number of carbonyl (C=O) groups excluding carboxylic acids is 1. The molecule has 3 rings (SSSR count). The molecule has 26 heavy (non-hydrogen) atoms. The Balaban J connectivity index is 1.48. The number of halogens is 1. The monoisotopic (exact) mass is 361 g/mol. The Labute approximate surface area is 152 Å². The third kappa shape index (κ3) is 4.25. The van der Waals surface area contributed by atoms with Gasteiger partial charge in [-0.1, -0.05) is 0 Å². The summed E-state index contributed by atoms with van der Waals surface area (Å²) in [5, 5.41) is 4.11. The smallest absolute Gasteiger partial charge is 0.239 e. The van der Waals surface area contributed by atoms with Crippen molar-refractivity contribution in [1.29, 1.82) is 0 Å². The minimum Gasteiger partial charge on any atom is -0.366 e. The SMILES string of the molecule is Cn1nc(N)nc1C1CC[N+](N)(CCCC(=O)c2ccc(F)cc2)CC1. The number of ketones is 1. The van der Waals surface area contributed by atoms with E-state index in [1.807, 2.05) is 7.05 Å². The van der Waals surface area contributed by atoms with Gasteiger partial charge in [0.25, 0.3) is 0 Å². The first kappa shape index (κ1) is 18.5. The maximum Gasteiger partial charge on any atom is 0.239 e. The summed E-state index contributed by atoms with van der Waals surface area (Å²) in [5.41, 5.74) is 6.21. The molecular weight excluding hydrogens is 335 g/mol. The number of likely N-dealkylation sites (tertiary alicyclic amines) is 1. The second-order valence-electron chi connectivity index (χ2n) is 7.15. The molecule has 8 heteroatoms. The molecule has 1 aromatic heterocycles. The van der Waals surface area contributed by atoms with Gasteiger partial charge in [0.05, 0.1) is 19.6 Å². The highest BCUT2D eigenvalue weighted by Gasteiger charge is 2.33. The number of benzene rings is 1. The van der Waals surface area contributed by atoms with Crippen LogP contribution in [-0.2, 0) is 7.05 Å². The van der Waals surface area contributed by atoms with Crippen molar-refractivity contribution in [1.82, 2.24) is 14.8 Å². The summed E-state index contributed by atoms with van der Waals surface area (Å²) in [4.78, 5) is 16.5. The van der Waals surface area contributed by atoms with Crippen molar-refractivity contribution in [3.8, 4) is 0 Å². The fraction of sp³-hybridized carbons (Fsp3) is 0.500. The molecule has 1 aromatic carbocycles. The number of nitrogens with zero attached hydrogens (tertiary/aromatic N) is 4. The van der Waals surface area contributed by atoms with Crippen LogP contribution in [0.4, 0.5) is 10.3 Å². The number of aromatic nitrogens is 3. The highest BCUT2D eigenvalue weighted by atomic mass is 19.1. The minimum absolute atomic E-state index is 0.0287. The minimum atomic E-state index is -0.333. The van der Waals surface area contributed by atoms with Gasteiger partial charge in [0.2, 0.25) is 5.95 Å². The molecule has 0 amide bonds. The molecule has 0 aliphatic carbocycles. The van der Waals surface area contributed by atoms with Crippen LogP contribution >= 0.6 is 0 Å². The van der Waals surface area contributed by atoms with E-state index in [2.05, 4.69) is 10.1 Å². The topological polar surface area (TPSA) is 99.8 Å². The number of Topliss-reactive ketones (excluding diaryl/α,β-unsaturated/α-hetero) is 1. The Morgan fingerprint density at radius 2 is 1.96 bits per heavy atom. The zero-order valence-corrected chi connectivity index (χ0v) is 15.1. The predicted molar refractivity (Wildman–Crippen MR) is 96.4 cm³/mol. The number of quaternary nitrogens is 1. The number of hydrogen-bond acceptors (Lipinski definition) is 5. The fourth-order valence-electron chi connectivity index (χ4n) is 3.67. The zero-order valence-electron chi connectivity index (χ0n) is 15.1. The number of nitrogen functional groups attached to an aromatic ring is 1. The molecule has 0 atom stereocenters. The lowest BCUT2D eigenvalue weighted by atomic mass is 9.95. The van der Waals surface area contributed by atoms with Crippen molar-refractivity contribution >= 4 is 11.7 Å². The highest BCUT2D eigenvalue weighted by molar-refractivity contribution is 5.95. The number of rotatable bonds is 6. The third-order valence-corrected chi connectivity index (χ3v) is 5.20. The number of piperidine rings is 1. The van der Waals surface area contributed by atoms with E-state index < -0.39 is 0 Å². The Kier molecular flexibility index (Phi) is 5.33. The quantitative estimate of drug-likeness (QED) is 0.464. The molecular formula is C18H26FN6O+. The second-order valence-corrected chi connectivity index (χ2v) is 7.15. The van der Waals surface area contributed by atoms with E-state index in [1.165, 1.54) is 24.3 Å². The molecule has 0 spiro atoms. The van der Waals surface area contributed by atoms with Crippen molar-refractivity contribution < 1.29 is 13.8 Å². The Hall–Kier alpha value is -2.32. The average molecular weight is 361 g/mol. The van der Waals surface area contributed by atoms with Crippen molar-refractivity contribution in [2.75, 3.05) is 25.4 Å². The van der Waals surface area contributed by atoms with Gasteiger partial charge in [0, 0.05) is 44.2 Å². The van der Waals surface area contributed by atoms with Gasteiger partial charge >= 0.3 is 0 Å². The normalized spacial score (nSPS) is 23.1. The summed E-state index contributed by atoms with van der Waals surface area (Å²) in [6, 6.07) is 5.69. The molecule has 4 N–H and O–H groups in total. The van der Waals surface area contributed by atoms with Crippen LogP contribution in [0.1, 0.15) is 47.8 Å². The van der Waals surface area contributed by atoms with E-state index in [9.17, 15) is 9.18 Å². The average Bonchev–Trinajstić information content (AvgIpc) is 2.94. The van der Waals surface area contributed by atoms with Gasteiger partial charge in [-0.2, -0.15) is 10.8 Å². The lowest BCUT2D eigenvalue weighted by molar-refractivity contribution is -0.944. The molecule has 1 fully saturated rings. The number of carbonyl (C=O) groups is 1. The summed E-state index contributed by atoms with van der Waals surface area (Å²) >= 11 is 0. The van der Waals surface area contributed by atoms with E-state index >= 15 is 0 Å². The number of hydrogen-bond donors (Lipinski definition) is 2. The summed E-state index contributed by atoms with van der Waals surface area (Å²) in [6.45, 7) is 2.42. The Morgan fingerprint density at radius 3 is 2.54 bits per heavy atom. The molecule has 1 aliphatic heterocycles. The predicted octanol–water partition coefficient (Wildman–Crippen LogP) is 1.77. The van der Waals surface area contributed by atoms with Crippen molar-refractivity contribution in [2.45, 2.75) is 31.6 Å². The van der Waals surface area contributed by atoms with Crippen molar-refractivity contribution in [2.24, 2.45) is 12.9 Å². The molecule has 0 saturated carbocycles. The van der Waals surface area contributed by atoms with E-state index in [-0.39, 0.29) is 11.6 Å². The van der Waals surface area contributed by atoms with Gasteiger partial charge in [-0.15, -0.1) is 5.10 Å². The van der Waals surface area contributed by atoms with Gasteiger partial charge in [-0.3, -0.25) is 9.48 Å². The molecule has 1 aliphatic rings. The van der Waals surface area contributed by atoms with Crippen molar-refractivity contribution in [3.63, 3.8) is 0 Å². The largest absolute Gasteiger partial charge is 0.366 e. The van der Waals surface area contributed by atoms with E-state index in [4.69, 9.17) is 11.6 Å². The fourth-order valence-corrected chi connectivity index (χ4v) is 3.67. The van der Waals surface area contributed by atoms with Gasteiger partial charge in [0.1, 0.15) is 11.6 Å². The van der Waals surface area contributed by atoms with Gasteiger partial charge in [0.15, 0.2) is 5.78 Å². The van der Waals surface area contributed by atoms with Crippen LogP contribution in [0.25, 0.3) is 0 Å². The first-order valence-electron chi connectivity index (χ1n) is 8.96. The van der Waals surface area contributed by atoms with Crippen LogP contribution in [0, 0.1) is 5.82 Å². The molecule has 0 radical (unpaired) electrons. The van der Waals surface area contributed by atoms with Crippen LogP contribution in [0.2, 0.25) is 0 Å². The van der Waals surface area contributed by atoms with Gasteiger partial charge in [-0.05, 0) is 24.3 Å². The maximum absolute atomic E-state index is 12.9. The maximum atomic E-state index is 12.9. The van der Waals surface area contributed by atoms with Crippen LogP contribution in [0.15, 0.2) is 24.3 Å². The first-order valence-corrected chi connectivity index (χ1v) is 8.96. The molecule has 7 nitrogen and oxygen atoms in total. The van der Waals surface area contributed by atoms with Crippen LogP contribution in [0.3, 0.4) is 0 Å². The second kappa shape index (κ2) is 7.51. The number of aryl methyl sites for hydroxylation is 1. The van der Waals surface area contributed by atoms with Crippen LogP contribution in [-0.4, -0.2) is 44.8 Å². The van der Waals surface area contributed by atoms with Crippen LogP contribution < -0.4 is 11.6 Å². The lowest BCUT2D eigenvalue weighted by Gasteiger charge is -2.38. The van der Waals surface area contributed by atoms with E-state index in [0.717, 1.165) is 38.3 Å². The van der Waals surface area contributed by atoms with Crippen LogP contribution in [0.5, 0.6) is 0 Å². The summed E-state index contributed by atoms with van der Waals surface area (Å²) in [7, 11) is 1.86. The van der Waals surface area contributed by atoms with Gasteiger partial charge < -0.3 is 5.73 Å². The standard InChI is InChI=1S/C18H26FN6O/c1-24-17(22-18(20)23-24)14-8-11-25(21,12-9-14)10-2-3-16(26)13-4-6-15(19)7-5-13/h4-7,14H,2-3,8-12,21H2,1H3,(H2,20,23)/q+1. The molecule has 0 bridgehead atoms. The van der Waals surface area contributed by atoms with E-state index in [0.29, 0.717) is 34.9 Å². The molecule has 0 unspecified atom stereocenters. The zero-order chi connectivity index (χ0) is 18.7. The van der Waals surface area contributed by atoms with E-state index in [1.54, 1.807) is 4.68 Å². The lowest BCUT2D eigenvalue weighted by Crippen LogP contribution is -2.58. The molecule has 140 valence electrons. The number of anilines is 1. The summed E-state index contributed by atoms with van der Waals surface area (Å²) in [5.74, 6) is 7.74. The summed E-state index contributed by atoms with van der Waals surface area (Å²) < 4.78 is 15.1. The number of nitrogens with two attached hydrogens (primary N) is 2. The van der Waals surface area contributed by atoms with Crippen molar-refractivity contribution in [3.05, 3.63) is 41.5 Å². The molecule has 1 saturated heterocycles. The summed E-state index contributed by atoms with van der Waals surface area (Å²) in [6.07, 6.45) is 2.99. The first-order chi connectivity index (χ1) is 12.4. The highest BCUT2D eigenvalue weighted by Crippen LogP contribution is 2.29. The Bertz CT molecular complexity index is 764.